The molecule has 0 saturated heterocycles. The molecular weight excluding hydrogens is 286 g/mol. The van der Waals surface area contributed by atoms with Crippen LogP contribution >= 0.6 is 0 Å². The zero-order valence-electron chi connectivity index (χ0n) is 12.5. The summed E-state index contributed by atoms with van der Waals surface area (Å²) < 4.78 is 11.7. The molecule has 0 atom stereocenters. The van der Waals surface area contributed by atoms with Crippen molar-refractivity contribution in [1.29, 1.82) is 0 Å². The maximum atomic E-state index is 11.8. The molecule has 0 bridgehead atoms. The first-order valence-corrected chi connectivity index (χ1v) is 6.74. The summed E-state index contributed by atoms with van der Waals surface area (Å²) in [5, 5.41) is 3.72. The molecule has 3 aromatic rings. The van der Waals surface area contributed by atoms with Crippen LogP contribution in [0.4, 0.5) is 0 Å². The predicted octanol–water partition coefficient (Wildman–Crippen LogP) is 1.63. The Labute approximate surface area is 125 Å². The second-order valence-corrected chi connectivity index (χ2v) is 5.80. The molecule has 114 valence electrons. The number of nitrogens with zero attached hydrogens (tertiary/aromatic N) is 5. The van der Waals surface area contributed by atoms with E-state index >= 15 is 0 Å². The van der Waals surface area contributed by atoms with E-state index in [2.05, 4.69) is 20.1 Å². The Balaban J connectivity index is 1.95. The van der Waals surface area contributed by atoms with E-state index < -0.39 is 5.76 Å². The minimum absolute atomic E-state index is 0.103. The van der Waals surface area contributed by atoms with E-state index in [1.807, 2.05) is 20.8 Å². The predicted molar refractivity (Wildman–Crippen MR) is 76.1 cm³/mol. The van der Waals surface area contributed by atoms with Crippen molar-refractivity contribution in [2.75, 3.05) is 0 Å². The smallest absolute Gasteiger partial charge is 0.442 e. The molecule has 0 aliphatic carbocycles. The summed E-state index contributed by atoms with van der Waals surface area (Å²) in [5.41, 5.74) is -0.157. The van der Waals surface area contributed by atoms with Gasteiger partial charge < -0.3 is 4.42 Å². The molecule has 0 aliphatic heterocycles. The largest absolute Gasteiger partial charge is 0.443 e. The number of hydrogen-bond donors (Lipinski definition) is 0. The fourth-order valence-electron chi connectivity index (χ4n) is 1.85. The molecule has 0 amide bonds. The lowest BCUT2D eigenvalue weighted by atomic mass is 9.94. The number of aromatic nitrogens is 5. The SMILES string of the molecule is CC(C)(C)c1cnc(Cn2c(-c3ncccn3)noc2=O)o1. The van der Waals surface area contributed by atoms with E-state index in [0.29, 0.717) is 11.7 Å². The van der Waals surface area contributed by atoms with Gasteiger partial charge in [0.15, 0.2) is 5.82 Å². The highest BCUT2D eigenvalue weighted by Crippen LogP contribution is 2.23. The van der Waals surface area contributed by atoms with Gasteiger partial charge >= 0.3 is 5.76 Å². The summed E-state index contributed by atoms with van der Waals surface area (Å²) in [5.74, 6) is 1.06. The Bertz CT molecular complexity index is 826. The standard InChI is InChI=1S/C14H15N5O3/c1-14(2,3)9-7-17-10(21-9)8-19-12(18-22-13(19)20)11-15-5-4-6-16-11/h4-7H,8H2,1-3H3. The lowest BCUT2D eigenvalue weighted by molar-refractivity contribution is 0.359. The van der Waals surface area contributed by atoms with Gasteiger partial charge in [0.05, 0.1) is 6.20 Å². The van der Waals surface area contributed by atoms with Crippen LogP contribution in [0.3, 0.4) is 0 Å². The average molecular weight is 301 g/mol. The third-order valence-electron chi connectivity index (χ3n) is 3.04. The van der Waals surface area contributed by atoms with E-state index in [0.717, 1.165) is 5.76 Å². The molecule has 8 nitrogen and oxygen atoms in total. The highest BCUT2D eigenvalue weighted by atomic mass is 16.5. The molecule has 0 saturated carbocycles. The number of hydrogen-bond acceptors (Lipinski definition) is 7. The van der Waals surface area contributed by atoms with E-state index in [1.54, 1.807) is 24.7 Å². The molecular formula is C14H15N5O3. The van der Waals surface area contributed by atoms with Crippen LogP contribution in [0.1, 0.15) is 32.4 Å². The maximum absolute atomic E-state index is 11.8. The summed E-state index contributed by atoms with van der Waals surface area (Å²) in [7, 11) is 0. The quantitative estimate of drug-likeness (QED) is 0.724. The van der Waals surface area contributed by atoms with Crippen molar-refractivity contribution in [3.63, 3.8) is 0 Å². The molecule has 0 aromatic carbocycles. The lowest BCUT2D eigenvalue weighted by Crippen LogP contribution is -2.17. The van der Waals surface area contributed by atoms with Gasteiger partial charge in [-0.05, 0) is 6.07 Å². The van der Waals surface area contributed by atoms with Crippen molar-refractivity contribution >= 4 is 0 Å². The molecule has 0 fully saturated rings. The van der Waals surface area contributed by atoms with Crippen LogP contribution in [0.15, 0.2) is 38.4 Å². The van der Waals surface area contributed by atoms with E-state index in [4.69, 9.17) is 8.94 Å². The average Bonchev–Trinajstić information content (AvgIpc) is 3.08. The molecule has 0 unspecified atom stereocenters. The molecule has 3 rings (SSSR count). The Morgan fingerprint density at radius 3 is 2.55 bits per heavy atom. The van der Waals surface area contributed by atoms with Crippen LogP contribution in [-0.2, 0) is 12.0 Å². The van der Waals surface area contributed by atoms with Gasteiger partial charge in [-0.15, -0.1) is 0 Å². The van der Waals surface area contributed by atoms with E-state index in [1.165, 1.54) is 4.57 Å². The van der Waals surface area contributed by atoms with Gasteiger partial charge in [0.1, 0.15) is 12.3 Å². The summed E-state index contributed by atoms with van der Waals surface area (Å²) in [6.07, 6.45) is 4.79. The van der Waals surface area contributed by atoms with Crippen molar-refractivity contribution in [3.8, 4) is 11.6 Å². The summed E-state index contributed by atoms with van der Waals surface area (Å²) in [6, 6.07) is 1.68. The molecule has 0 spiro atoms. The Hall–Kier alpha value is -2.77. The zero-order chi connectivity index (χ0) is 15.7. The highest BCUT2D eigenvalue weighted by molar-refractivity contribution is 5.41. The van der Waals surface area contributed by atoms with Gasteiger partial charge in [-0.1, -0.05) is 25.9 Å². The summed E-state index contributed by atoms with van der Waals surface area (Å²) in [4.78, 5) is 24.2. The van der Waals surface area contributed by atoms with E-state index in [9.17, 15) is 4.79 Å². The second kappa shape index (κ2) is 5.21. The van der Waals surface area contributed by atoms with Crippen molar-refractivity contribution in [1.82, 2.24) is 24.7 Å². The van der Waals surface area contributed by atoms with Crippen LogP contribution in [-0.4, -0.2) is 24.7 Å². The topological polar surface area (TPSA) is 99.8 Å². The lowest BCUT2D eigenvalue weighted by Gasteiger charge is -2.13. The van der Waals surface area contributed by atoms with E-state index in [-0.39, 0.29) is 17.8 Å². The molecule has 0 radical (unpaired) electrons. The van der Waals surface area contributed by atoms with Crippen LogP contribution in [0, 0.1) is 0 Å². The molecule has 8 heteroatoms. The Morgan fingerprint density at radius 1 is 1.18 bits per heavy atom. The first kappa shape index (κ1) is 14.2. The second-order valence-electron chi connectivity index (χ2n) is 5.80. The first-order valence-electron chi connectivity index (χ1n) is 6.74. The normalized spacial score (nSPS) is 11.8. The third kappa shape index (κ3) is 2.67. The number of rotatable bonds is 3. The van der Waals surface area contributed by atoms with Crippen molar-refractivity contribution in [2.45, 2.75) is 32.7 Å². The first-order chi connectivity index (χ1) is 10.4. The summed E-state index contributed by atoms with van der Waals surface area (Å²) >= 11 is 0. The minimum atomic E-state index is -0.613. The Morgan fingerprint density at radius 2 is 1.91 bits per heavy atom. The molecule has 3 heterocycles. The van der Waals surface area contributed by atoms with Gasteiger partial charge in [0.25, 0.3) is 0 Å². The fourth-order valence-corrected chi connectivity index (χ4v) is 1.85. The van der Waals surface area contributed by atoms with Crippen molar-refractivity contribution < 1.29 is 8.94 Å². The van der Waals surface area contributed by atoms with Gasteiger partial charge in [-0.2, -0.15) is 0 Å². The van der Waals surface area contributed by atoms with Crippen LogP contribution in [0.2, 0.25) is 0 Å². The maximum Gasteiger partial charge on any atom is 0.442 e. The van der Waals surface area contributed by atoms with Gasteiger partial charge in [-0.25, -0.2) is 24.3 Å². The molecule has 0 aliphatic rings. The summed E-state index contributed by atoms with van der Waals surface area (Å²) in [6.45, 7) is 6.16. The zero-order valence-corrected chi connectivity index (χ0v) is 12.5. The Kier molecular flexibility index (Phi) is 3.36. The molecule has 22 heavy (non-hydrogen) atoms. The fraction of sp³-hybridized carbons (Fsp3) is 0.357. The van der Waals surface area contributed by atoms with Gasteiger partial charge in [0, 0.05) is 17.8 Å². The van der Waals surface area contributed by atoms with Gasteiger partial charge in [-0.3, -0.25) is 4.52 Å². The monoisotopic (exact) mass is 301 g/mol. The highest BCUT2D eigenvalue weighted by Gasteiger charge is 2.21. The number of oxazole rings is 1. The van der Waals surface area contributed by atoms with Crippen LogP contribution in [0.25, 0.3) is 11.6 Å². The molecule has 3 aromatic heterocycles. The van der Waals surface area contributed by atoms with Crippen molar-refractivity contribution in [2.24, 2.45) is 0 Å². The third-order valence-corrected chi connectivity index (χ3v) is 3.04. The van der Waals surface area contributed by atoms with Crippen molar-refractivity contribution in [3.05, 3.63) is 46.9 Å². The van der Waals surface area contributed by atoms with Gasteiger partial charge in [0.2, 0.25) is 11.7 Å². The van der Waals surface area contributed by atoms with Crippen LogP contribution < -0.4 is 5.76 Å². The minimum Gasteiger partial charge on any atom is -0.443 e. The molecule has 0 N–H and O–H groups in total. The van der Waals surface area contributed by atoms with Crippen LogP contribution in [0.5, 0.6) is 0 Å².